The molecule has 1 amide bonds. The van der Waals surface area contributed by atoms with Crippen LogP contribution in [0.4, 0.5) is 0 Å². The Balaban J connectivity index is 2.79. The number of amides is 1. The lowest BCUT2D eigenvalue weighted by molar-refractivity contribution is 0.0993. The molecule has 3 nitrogen and oxygen atoms in total. The molecule has 1 aromatic carbocycles. The maximum Gasteiger partial charge on any atom is 0.249 e. The largest absolute Gasteiger partial charge is 0.366 e. The van der Waals surface area contributed by atoms with Crippen molar-refractivity contribution in [2.45, 2.75) is 10.5 Å². The predicted molar refractivity (Wildman–Crippen MR) is 61.4 cm³/mol. The molecule has 0 radical (unpaired) electrons. The van der Waals surface area contributed by atoms with E-state index in [0.717, 1.165) is 5.56 Å². The third-order valence-corrected chi connectivity index (χ3v) is 2.18. The monoisotopic (exact) mass is 321 g/mol. The van der Waals surface area contributed by atoms with E-state index >= 15 is 0 Å². The van der Waals surface area contributed by atoms with Crippen LogP contribution < -0.4 is 5.73 Å². The molecule has 2 N–H and O–H groups in total. The molecular weight excluding hydrogens is 314 g/mol. The molecule has 0 unspecified atom stereocenters. The Morgan fingerprint density at radius 3 is 2.64 bits per heavy atom. The zero-order valence-electron chi connectivity index (χ0n) is 7.24. The standard InChI is InChI=1S/C9H9Br2NO2/c10-9(11)14-5-6-3-1-2-4-7(6)8(12)13/h1-4,9H,5H2,(H2,12,13). The first-order valence-electron chi connectivity index (χ1n) is 3.88. The zero-order valence-corrected chi connectivity index (χ0v) is 10.4. The van der Waals surface area contributed by atoms with Crippen LogP contribution in [0.2, 0.25) is 0 Å². The van der Waals surface area contributed by atoms with Gasteiger partial charge in [-0.25, -0.2) is 0 Å². The SMILES string of the molecule is NC(=O)c1ccccc1COC(Br)Br. The number of nitrogens with two attached hydrogens (primary N) is 1. The average molecular weight is 323 g/mol. The summed E-state index contributed by atoms with van der Waals surface area (Å²) in [4.78, 5) is 11.0. The molecule has 0 aromatic heterocycles. The average Bonchev–Trinajstić information content (AvgIpc) is 2.15. The normalized spacial score (nSPS) is 10.5. The van der Waals surface area contributed by atoms with Crippen molar-refractivity contribution in [1.29, 1.82) is 0 Å². The van der Waals surface area contributed by atoms with E-state index in [4.69, 9.17) is 10.5 Å². The fraction of sp³-hybridized carbons (Fsp3) is 0.222. The van der Waals surface area contributed by atoms with Gasteiger partial charge >= 0.3 is 0 Å². The Hall–Kier alpha value is -0.390. The van der Waals surface area contributed by atoms with E-state index in [0.29, 0.717) is 12.2 Å². The fourth-order valence-electron chi connectivity index (χ4n) is 1.04. The van der Waals surface area contributed by atoms with Crippen LogP contribution in [0, 0.1) is 0 Å². The van der Waals surface area contributed by atoms with Crippen LogP contribution in [0.1, 0.15) is 15.9 Å². The predicted octanol–water partition coefficient (Wildman–Crippen LogP) is 2.38. The topological polar surface area (TPSA) is 52.3 Å². The van der Waals surface area contributed by atoms with Crippen molar-refractivity contribution < 1.29 is 9.53 Å². The minimum absolute atomic E-state index is 0.226. The van der Waals surface area contributed by atoms with Crippen LogP contribution >= 0.6 is 31.9 Å². The summed E-state index contributed by atoms with van der Waals surface area (Å²) >= 11 is 6.34. The first-order chi connectivity index (χ1) is 6.61. The molecule has 5 heteroatoms. The number of carbonyl (C=O) groups excluding carboxylic acids is 1. The summed E-state index contributed by atoms with van der Waals surface area (Å²) in [5.41, 5.74) is 6.48. The van der Waals surface area contributed by atoms with E-state index in [9.17, 15) is 4.79 Å². The number of ether oxygens (including phenoxy) is 1. The highest BCUT2D eigenvalue weighted by Gasteiger charge is 2.07. The second-order valence-electron chi connectivity index (χ2n) is 2.59. The van der Waals surface area contributed by atoms with E-state index in [-0.39, 0.29) is 3.92 Å². The molecule has 0 saturated carbocycles. The Morgan fingerprint density at radius 1 is 1.43 bits per heavy atom. The summed E-state index contributed by atoms with van der Waals surface area (Å²) in [5.74, 6) is -0.440. The van der Waals surface area contributed by atoms with Crippen LogP contribution in [0.15, 0.2) is 24.3 Å². The molecule has 0 heterocycles. The van der Waals surface area contributed by atoms with Gasteiger partial charge in [-0.15, -0.1) is 0 Å². The molecule has 1 aromatic rings. The summed E-state index contributed by atoms with van der Waals surface area (Å²) in [6.45, 7) is 0.334. The van der Waals surface area contributed by atoms with E-state index in [2.05, 4.69) is 31.9 Å². The molecule has 1 rings (SSSR count). The fourth-order valence-corrected chi connectivity index (χ4v) is 1.30. The van der Waals surface area contributed by atoms with Gasteiger partial charge in [0.2, 0.25) is 5.91 Å². The van der Waals surface area contributed by atoms with Crippen LogP contribution in [0.5, 0.6) is 0 Å². The third-order valence-electron chi connectivity index (χ3n) is 1.65. The van der Waals surface area contributed by atoms with Crippen LogP contribution in [-0.4, -0.2) is 9.83 Å². The smallest absolute Gasteiger partial charge is 0.249 e. The van der Waals surface area contributed by atoms with Gasteiger partial charge in [0, 0.05) is 5.56 Å². The molecule has 0 aliphatic carbocycles. The summed E-state index contributed by atoms with van der Waals surface area (Å²) < 4.78 is 5.02. The molecule has 76 valence electrons. The van der Waals surface area contributed by atoms with E-state index in [1.807, 2.05) is 12.1 Å². The molecule has 0 bridgehead atoms. The number of alkyl halides is 2. The third kappa shape index (κ3) is 3.40. The van der Waals surface area contributed by atoms with Crippen molar-refractivity contribution in [2.75, 3.05) is 0 Å². The van der Waals surface area contributed by atoms with Crippen LogP contribution in [0.25, 0.3) is 0 Å². The molecule has 0 aliphatic rings. The van der Waals surface area contributed by atoms with Gasteiger partial charge in [-0.3, -0.25) is 4.79 Å². The van der Waals surface area contributed by atoms with E-state index in [1.54, 1.807) is 12.1 Å². The molecule has 0 atom stereocenters. The van der Waals surface area contributed by atoms with Crippen molar-refractivity contribution in [2.24, 2.45) is 5.73 Å². The van der Waals surface area contributed by atoms with Gasteiger partial charge in [0.25, 0.3) is 0 Å². The minimum Gasteiger partial charge on any atom is -0.366 e. The van der Waals surface area contributed by atoms with Gasteiger partial charge in [0.1, 0.15) is 0 Å². The molecule has 0 fully saturated rings. The second-order valence-corrected chi connectivity index (χ2v) is 5.49. The Bertz CT molecular complexity index is 328. The highest BCUT2D eigenvalue weighted by atomic mass is 79.9. The first-order valence-corrected chi connectivity index (χ1v) is 5.72. The maximum atomic E-state index is 11.0. The quantitative estimate of drug-likeness (QED) is 0.865. The number of halogens is 2. The summed E-state index contributed by atoms with van der Waals surface area (Å²) in [6.07, 6.45) is 0. The van der Waals surface area contributed by atoms with Crippen molar-refractivity contribution in [3.05, 3.63) is 35.4 Å². The maximum absolute atomic E-state index is 11.0. The molecular formula is C9H9Br2NO2. The van der Waals surface area contributed by atoms with Crippen molar-refractivity contribution in [3.63, 3.8) is 0 Å². The van der Waals surface area contributed by atoms with Crippen molar-refractivity contribution in [1.82, 2.24) is 0 Å². The van der Waals surface area contributed by atoms with Gasteiger partial charge in [-0.05, 0) is 43.5 Å². The summed E-state index contributed by atoms with van der Waals surface area (Å²) in [5, 5.41) is 0. The van der Waals surface area contributed by atoms with Gasteiger partial charge in [0.05, 0.1) is 6.61 Å². The number of primary amides is 1. The van der Waals surface area contributed by atoms with Crippen molar-refractivity contribution >= 4 is 37.8 Å². The van der Waals surface area contributed by atoms with E-state index < -0.39 is 5.91 Å². The number of hydrogen-bond acceptors (Lipinski definition) is 2. The molecule has 14 heavy (non-hydrogen) atoms. The van der Waals surface area contributed by atoms with Crippen LogP contribution in [0.3, 0.4) is 0 Å². The Kier molecular flexibility index (Phi) is 4.57. The number of hydrogen-bond donors (Lipinski definition) is 1. The summed E-state index contributed by atoms with van der Waals surface area (Å²) in [7, 11) is 0. The van der Waals surface area contributed by atoms with Gasteiger partial charge < -0.3 is 10.5 Å². The van der Waals surface area contributed by atoms with Crippen molar-refractivity contribution in [3.8, 4) is 0 Å². The van der Waals surface area contributed by atoms with Crippen LogP contribution in [-0.2, 0) is 11.3 Å². The van der Waals surface area contributed by atoms with E-state index in [1.165, 1.54) is 0 Å². The Morgan fingerprint density at radius 2 is 2.07 bits per heavy atom. The van der Waals surface area contributed by atoms with Gasteiger partial charge in [-0.2, -0.15) is 0 Å². The lowest BCUT2D eigenvalue weighted by Crippen LogP contribution is -2.14. The second kappa shape index (κ2) is 5.48. The Labute approximate surface area is 98.9 Å². The van der Waals surface area contributed by atoms with Gasteiger partial charge in [-0.1, -0.05) is 18.2 Å². The number of rotatable bonds is 4. The number of carbonyl (C=O) groups is 1. The number of benzene rings is 1. The highest BCUT2D eigenvalue weighted by Crippen LogP contribution is 2.15. The minimum atomic E-state index is -0.440. The zero-order chi connectivity index (χ0) is 10.6. The highest BCUT2D eigenvalue weighted by molar-refractivity contribution is 9.24. The summed E-state index contributed by atoms with van der Waals surface area (Å²) in [6, 6.07) is 7.09. The molecule has 0 spiro atoms. The first kappa shape index (κ1) is 11.7. The lowest BCUT2D eigenvalue weighted by atomic mass is 10.1. The molecule has 0 saturated heterocycles. The lowest BCUT2D eigenvalue weighted by Gasteiger charge is -2.07. The van der Waals surface area contributed by atoms with Gasteiger partial charge in [0.15, 0.2) is 3.92 Å². The molecule has 0 aliphatic heterocycles.